The SMILES string of the molecule is Cc1ccc(C)c(-c2cc(-c3ccc(F)cc3)c(C=C[C@@H]3C[C@@H](O)CC(=O)O3)c(C(C)C)n2)c1. The summed E-state index contributed by atoms with van der Waals surface area (Å²) in [5.74, 6) is -0.583. The third-order valence-corrected chi connectivity index (χ3v) is 6.13. The largest absolute Gasteiger partial charge is 0.458 e. The third-order valence-electron chi connectivity index (χ3n) is 6.13. The fourth-order valence-corrected chi connectivity index (χ4v) is 4.34. The zero-order valence-electron chi connectivity index (χ0n) is 20.0. The van der Waals surface area contributed by atoms with E-state index in [0.717, 1.165) is 44.8 Å². The predicted octanol–water partition coefficient (Wildman–Crippen LogP) is 6.37. The molecule has 176 valence electrons. The van der Waals surface area contributed by atoms with Gasteiger partial charge in [0, 0.05) is 17.5 Å². The molecule has 4 rings (SSSR count). The van der Waals surface area contributed by atoms with E-state index in [1.54, 1.807) is 12.1 Å². The Morgan fingerprint density at radius 3 is 2.50 bits per heavy atom. The van der Waals surface area contributed by atoms with E-state index < -0.39 is 18.2 Å². The van der Waals surface area contributed by atoms with E-state index in [2.05, 4.69) is 45.9 Å². The first-order chi connectivity index (χ1) is 16.2. The number of pyridine rings is 1. The molecule has 2 aromatic carbocycles. The van der Waals surface area contributed by atoms with Crippen molar-refractivity contribution in [3.63, 3.8) is 0 Å². The summed E-state index contributed by atoms with van der Waals surface area (Å²) in [5.41, 5.74) is 7.79. The minimum Gasteiger partial charge on any atom is -0.458 e. The topological polar surface area (TPSA) is 59.4 Å². The van der Waals surface area contributed by atoms with Crippen molar-refractivity contribution >= 4 is 12.0 Å². The maximum Gasteiger partial charge on any atom is 0.309 e. The molecule has 0 unspecified atom stereocenters. The molecule has 1 N–H and O–H groups in total. The molecule has 2 heterocycles. The van der Waals surface area contributed by atoms with Crippen LogP contribution in [-0.2, 0) is 9.53 Å². The fourth-order valence-electron chi connectivity index (χ4n) is 4.34. The Morgan fingerprint density at radius 2 is 1.82 bits per heavy atom. The second kappa shape index (κ2) is 9.90. The maximum atomic E-state index is 13.7. The summed E-state index contributed by atoms with van der Waals surface area (Å²) in [6, 6.07) is 14.8. The van der Waals surface area contributed by atoms with Crippen LogP contribution >= 0.6 is 0 Å². The third kappa shape index (κ3) is 5.26. The molecule has 1 saturated heterocycles. The quantitative estimate of drug-likeness (QED) is 0.450. The smallest absolute Gasteiger partial charge is 0.309 e. The zero-order valence-corrected chi connectivity index (χ0v) is 20.0. The number of carbonyl (C=O) groups is 1. The van der Waals surface area contributed by atoms with Crippen LogP contribution in [0.3, 0.4) is 0 Å². The highest BCUT2D eigenvalue weighted by molar-refractivity contribution is 5.81. The van der Waals surface area contributed by atoms with Gasteiger partial charge >= 0.3 is 5.97 Å². The number of hydrogen-bond acceptors (Lipinski definition) is 4. The van der Waals surface area contributed by atoms with Crippen LogP contribution < -0.4 is 0 Å². The van der Waals surface area contributed by atoms with E-state index in [1.807, 2.05) is 18.2 Å². The van der Waals surface area contributed by atoms with Crippen molar-refractivity contribution in [3.05, 3.63) is 82.8 Å². The number of aliphatic hydroxyl groups is 1. The summed E-state index contributed by atoms with van der Waals surface area (Å²) in [6.45, 7) is 8.31. The molecule has 0 saturated carbocycles. The summed E-state index contributed by atoms with van der Waals surface area (Å²) in [7, 11) is 0. The van der Waals surface area contributed by atoms with Crippen molar-refractivity contribution in [3.8, 4) is 22.4 Å². The van der Waals surface area contributed by atoms with Gasteiger partial charge in [0.25, 0.3) is 0 Å². The molecule has 0 aliphatic carbocycles. The molecule has 0 bridgehead atoms. The average Bonchev–Trinajstić information content (AvgIpc) is 2.78. The van der Waals surface area contributed by atoms with Crippen molar-refractivity contribution in [2.45, 2.75) is 58.7 Å². The van der Waals surface area contributed by atoms with E-state index in [0.29, 0.717) is 6.42 Å². The van der Waals surface area contributed by atoms with Crippen LogP contribution in [0.25, 0.3) is 28.5 Å². The number of aryl methyl sites for hydroxylation is 2. The van der Waals surface area contributed by atoms with Crippen molar-refractivity contribution in [1.82, 2.24) is 4.98 Å². The molecule has 2 atom stereocenters. The first kappa shape index (κ1) is 23.8. The van der Waals surface area contributed by atoms with E-state index in [4.69, 9.17) is 9.72 Å². The number of aromatic nitrogens is 1. The lowest BCUT2D eigenvalue weighted by Crippen LogP contribution is -2.31. The van der Waals surface area contributed by atoms with Crippen molar-refractivity contribution < 1.29 is 19.0 Å². The molecule has 1 aliphatic heterocycles. The molecule has 3 aromatic rings. The molecule has 4 nitrogen and oxygen atoms in total. The first-order valence-electron chi connectivity index (χ1n) is 11.7. The van der Waals surface area contributed by atoms with Crippen LogP contribution in [-0.4, -0.2) is 28.3 Å². The number of benzene rings is 2. The first-order valence-corrected chi connectivity index (χ1v) is 11.7. The van der Waals surface area contributed by atoms with Gasteiger partial charge in [0.1, 0.15) is 11.9 Å². The number of hydrogen-bond donors (Lipinski definition) is 1. The van der Waals surface area contributed by atoms with Gasteiger partial charge in [-0.2, -0.15) is 0 Å². The Hall–Kier alpha value is -3.31. The van der Waals surface area contributed by atoms with Crippen LogP contribution in [0.1, 0.15) is 55.0 Å². The molecule has 34 heavy (non-hydrogen) atoms. The summed E-state index contributed by atoms with van der Waals surface area (Å²) >= 11 is 0. The second-order valence-corrected chi connectivity index (χ2v) is 9.32. The zero-order chi connectivity index (χ0) is 24.4. The number of esters is 1. The Morgan fingerprint density at radius 1 is 1.09 bits per heavy atom. The number of cyclic esters (lactones) is 1. The number of carbonyl (C=O) groups excluding carboxylic acids is 1. The normalized spacial score (nSPS) is 18.5. The summed E-state index contributed by atoms with van der Waals surface area (Å²) in [6.07, 6.45) is 2.91. The van der Waals surface area contributed by atoms with Gasteiger partial charge in [0.2, 0.25) is 0 Å². The molecule has 0 amide bonds. The minimum absolute atomic E-state index is 0.0223. The van der Waals surface area contributed by atoms with Gasteiger partial charge in [-0.1, -0.05) is 49.8 Å². The molecular formula is C29H30FNO3. The van der Waals surface area contributed by atoms with Gasteiger partial charge in [-0.3, -0.25) is 9.78 Å². The van der Waals surface area contributed by atoms with Crippen molar-refractivity contribution in [1.29, 1.82) is 0 Å². The Bertz CT molecular complexity index is 1230. The highest BCUT2D eigenvalue weighted by Crippen LogP contribution is 2.36. The number of nitrogens with zero attached hydrogens (tertiary/aromatic N) is 1. The Kier molecular flexibility index (Phi) is 6.94. The van der Waals surface area contributed by atoms with E-state index >= 15 is 0 Å². The summed E-state index contributed by atoms with van der Waals surface area (Å²) in [5, 5.41) is 9.98. The highest BCUT2D eigenvalue weighted by Gasteiger charge is 2.26. The van der Waals surface area contributed by atoms with Gasteiger partial charge in [0.15, 0.2) is 0 Å². The van der Waals surface area contributed by atoms with E-state index in [1.165, 1.54) is 12.1 Å². The highest BCUT2D eigenvalue weighted by atomic mass is 19.1. The van der Waals surface area contributed by atoms with E-state index in [-0.39, 0.29) is 18.2 Å². The number of halogens is 1. The minimum atomic E-state index is -0.707. The van der Waals surface area contributed by atoms with Crippen LogP contribution in [0.2, 0.25) is 0 Å². The lowest BCUT2D eigenvalue weighted by Gasteiger charge is -2.24. The van der Waals surface area contributed by atoms with Crippen molar-refractivity contribution in [2.75, 3.05) is 0 Å². The summed E-state index contributed by atoms with van der Waals surface area (Å²) < 4.78 is 19.1. The van der Waals surface area contributed by atoms with Crippen LogP contribution in [0, 0.1) is 19.7 Å². The van der Waals surface area contributed by atoms with Gasteiger partial charge in [-0.25, -0.2) is 4.39 Å². The predicted molar refractivity (Wildman–Crippen MR) is 133 cm³/mol. The number of aliphatic hydroxyl groups excluding tert-OH is 1. The molecule has 1 fully saturated rings. The monoisotopic (exact) mass is 459 g/mol. The second-order valence-electron chi connectivity index (χ2n) is 9.32. The maximum absolute atomic E-state index is 13.7. The molecule has 0 spiro atoms. The Labute approximate surface area is 200 Å². The van der Waals surface area contributed by atoms with Gasteiger partial charge in [-0.15, -0.1) is 0 Å². The van der Waals surface area contributed by atoms with Crippen LogP contribution in [0.5, 0.6) is 0 Å². The lowest BCUT2D eigenvalue weighted by atomic mass is 9.91. The van der Waals surface area contributed by atoms with Crippen molar-refractivity contribution in [2.24, 2.45) is 0 Å². The molecular weight excluding hydrogens is 429 g/mol. The average molecular weight is 460 g/mol. The summed E-state index contributed by atoms with van der Waals surface area (Å²) in [4.78, 5) is 16.8. The molecule has 0 radical (unpaired) electrons. The fraction of sp³-hybridized carbons (Fsp3) is 0.310. The van der Waals surface area contributed by atoms with E-state index in [9.17, 15) is 14.3 Å². The molecule has 1 aromatic heterocycles. The molecule has 1 aliphatic rings. The van der Waals surface area contributed by atoms with Gasteiger partial charge in [-0.05, 0) is 66.8 Å². The number of ether oxygens (including phenoxy) is 1. The lowest BCUT2D eigenvalue weighted by molar-refractivity contribution is -0.156. The van der Waals surface area contributed by atoms with Gasteiger partial charge < -0.3 is 9.84 Å². The Balaban J connectivity index is 1.89. The van der Waals surface area contributed by atoms with Crippen LogP contribution in [0.15, 0.2) is 54.6 Å². The molecule has 5 heteroatoms. The van der Waals surface area contributed by atoms with Crippen LogP contribution in [0.4, 0.5) is 4.39 Å². The van der Waals surface area contributed by atoms with Gasteiger partial charge in [0.05, 0.1) is 23.9 Å². The standard InChI is InChI=1S/C29H30FNO3/c1-17(2)29-24(12-11-23-14-22(32)15-28(33)34-23)26(20-7-9-21(30)10-8-20)16-27(31-29)25-13-18(3)5-6-19(25)4/h5-13,16-17,22-23,32H,14-15H2,1-4H3/t22-,23-/m1/s1. The number of rotatable bonds is 5.